The first-order chi connectivity index (χ1) is 9.08. The molecule has 2 rings (SSSR count). The third-order valence-corrected chi connectivity index (χ3v) is 4.45. The molecule has 1 saturated heterocycles. The van der Waals surface area contributed by atoms with Gasteiger partial charge < -0.3 is 21.1 Å². The van der Waals surface area contributed by atoms with Gasteiger partial charge >= 0.3 is 0 Å². The predicted molar refractivity (Wildman–Crippen MR) is 79.0 cm³/mol. The van der Waals surface area contributed by atoms with Gasteiger partial charge in [0.1, 0.15) is 0 Å². The number of aliphatic hydroxyl groups excluding tert-OH is 1. The van der Waals surface area contributed by atoms with Crippen molar-refractivity contribution in [2.45, 2.75) is 57.7 Å². The van der Waals surface area contributed by atoms with E-state index in [1.54, 1.807) is 0 Å². The van der Waals surface area contributed by atoms with Crippen molar-refractivity contribution < 1.29 is 5.11 Å². The summed E-state index contributed by atoms with van der Waals surface area (Å²) in [7, 11) is 0. The summed E-state index contributed by atoms with van der Waals surface area (Å²) < 4.78 is 0. The van der Waals surface area contributed by atoms with Gasteiger partial charge in [-0.15, -0.1) is 0 Å². The predicted octanol–water partition coefficient (Wildman–Crippen LogP) is 0.795. The minimum atomic E-state index is -0.163. The van der Waals surface area contributed by atoms with E-state index in [2.05, 4.69) is 24.1 Å². The Bertz CT molecular complexity index is 268. The fourth-order valence-corrected chi connectivity index (χ4v) is 3.16. The SMILES string of the molecule is CC(C)C(O)CC1CC(NC2CC2)CN(CCN)C1. The zero-order chi connectivity index (χ0) is 13.8. The van der Waals surface area contributed by atoms with Crippen LogP contribution >= 0.6 is 0 Å². The molecule has 112 valence electrons. The zero-order valence-electron chi connectivity index (χ0n) is 12.5. The molecule has 4 heteroatoms. The second-order valence-electron chi connectivity index (χ2n) is 6.83. The third kappa shape index (κ3) is 5.03. The quantitative estimate of drug-likeness (QED) is 0.640. The highest BCUT2D eigenvalue weighted by molar-refractivity contribution is 4.91. The van der Waals surface area contributed by atoms with E-state index in [1.165, 1.54) is 19.3 Å². The molecule has 0 aromatic heterocycles. The minimum Gasteiger partial charge on any atom is -0.393 e. The van der Waals surface area contributed by atoms with Gasteiger partial charge in [-0.25, -0.2) is 0 Å². The van der Waals surface area contributed by atoms with E-state index in [0.717, 1.165) is 38.6 Å². The molecule has 19 heavy (non-hydrogen) atoms. The van der Waals surface area contributed by atoms with Crippen LogP contribution < -0.4 is 11.1 Å². The Labute approximate surface area is 117 Å². The Kier molecular flexibility index (Phi) is 5.63. The van der Waals surface area contributed by atoms with Crippen molar-refractivity contribution in [3.8, 4) is 0 Å². The van der Waals surface area contributed by atoms with E-state index >= 15 is 0 Å². The number of likely N-dealkylation sites (tertiary alicyclic amines) is 1. The second-order valence-corrected chi connectivity index (χ2v) is 6.83. The van der Waals surface area contributed by atoms with Crippen LogP contribution in [0.1, 0.15) is 39.5 Å². The van der Waals surface area contributed by atoms with Gasteiger partial charge in [-0.2, -0.15) is 0 Å². The van der Waals surface area contributed by atoms with Crippen LogP contribution in [-0.4, -0.2) is 54.4 Å². The molecular weight excluding hydrogens is 238 g/mol. The molecule has 0 amide bonds. The largest absolute Gasteiger partial charge is 0.393 e. The van der Waals surface area contributed by atoms with Crippen LogP contribution in [0.4, 0.5) is 0 Å². The van der Waals surface area contributed by atoms with Crippen LogP contribution in [0.3, 0.4) is 0 Å². The van der Waals surface area contributed by atoms with Gasteiger partial charge in [0.25, 0.3) is 0 Å². The van der Waals surface area contributed by atoms with Crippen molar-refractivity contribution in [3.05, 3.63) is 0 Å². The number of nitrogens with one attached hydrogen (secondary N) is 1. The molecule has 0 spiro atoms. The zero-order valence-corrected chi connectivity index (χ0v) is 12.5. The maximum absolute atomic E-state index is 10.1. The number of nitrogens with zero attached hydrogens (tertiary/aromatic N) is 1. The molecule has 0 aromatic carbocycles. The maximum Gasteiger partial charge on any atom is 0.0566 e. The Hall–Kier alpha value is -0.160. The topological polar surface area (TPSA) is 61.5 Å². The summed E-state index contributed by atoms with van der Waals surface area (Å²) in [6.07, 6.45) is 4.66. The van der Waals surface area contributed by atoms with E-state index < -0.39 is 0 Å². The number of hydrogen-bond donors (Lipinski definition) is 3. The van der Waals surface area contributed by atoms with E-state index in [0.29, 0.717) is 17.9 Å². The molecule has 2 fully saturated rings. The monoisotopic (exact) mass is 269 g/mol. The third-order valence-electron chi connectivity index (χ3n) is 4.45. The standard InChI is InChI=1S/C15H31N3O/c1-11(2)15(19)8-12-7-14(17-13-3-4-13)10-18(9-12)6-5-16/h11-15,17,19H,3-10,16H2,1-2H3. The number of piperidine rings is 1. The lowest BCUT2D eigenvalue weighted by Crippen LogP contribution is -2.51. The van der Waals surface area contributed by atoms with Crippen molar-refractivity contribution in [2.75, 3.05) is 26.2 Å². The summed E-state index contributed by atoms with van der Waals surface area (Å²) in [6.45, 7) is 8.15. The fourth-order valence-electron chi connectivity index (χ4n) is 3.16. The van der Waals surface area contributed by atoms with Crippen LogP contribution in [-0.2, 0) is 0 Å². The van der Waals surface area contributed by atoms with Crippen LogP contribution in [0.5, 0.6) is 0 Å². The molecule has 1 aliphatic heterocycles. The van der Waals surface area contributed by atoms with Crippen molar-refractivity contribution >= 4 is 0 Å². The van der Waals surface area contributed by atoms with Crippen LogP contribution in [0.25, 0.3) is 0 Å². The van der Waals surface area contributed by atoms with Crippen LogP contribution in [0, 0.1) is 11.8 Å². The molecule has 3 unspecified atom stereocenters. The normalized spacial score (nSPS) is 30.8. The van der Waals surface area contributed by atoms with Gasteiger partial charge in [0, 0.05) is 38.3 Å². The minimum absolute atomic E-state index is 0.163. The number of nitrogens with two attached hydrogens (primary N) is 1. The molecule has 2 aliphatic rings. The Morgan fingerprint density at radius 3 is 2.58 bits per heavy atom. The Morgan fingerprint density at radius 1 is 1.26 bits per heavy atom. The number of rotatable bonds is 7. The van der Waals surface area contributed by atoms with Crippen LogP contribution in [0.15, 0.2) is 0 Å². The van der Waals surface area contributed by atoms with Crippen molar-refractivity contribution in [2.24, 2.45) is 17.6 Å². The van der Waals surface area contributed by atoms with Gasteiger partial charge in [-0.3, -0.25) is 0 Å². The summed E-state index contributed by atoms with van der Waals surface area (Å²) >= 11 is 0. The summed E-state index contributed by atoms with van der Waals surface area (Å²) in [5.74, 6) is 0.966. The Morgan fingerprint density at radius 2 is 2.00 bits per heavy atom. The lowest BCUT2D eigenvalue weighted by molar-refractivity contribution is 0.0623. The molecular formula is C15H31N3O. The van der Waals surface area contributed by atoms with E-state index in [9.17, 15) is 5.11 Å². The highest BCUT2D eigenvalue weighted by Gasteiger charge is 2.32. The van der Waals surface area contributed by atoms with Crippen molar-refractivity contribution in [1.29, 1.82) is 0 Å². The second kappa shape index (κ2) is 7.02. The molecule has 3 atom stereocenters. The summed E-state index contributed by atoms with van der Waals surface area (Å²) in [6, 6.07) is 1.36. The lowest BCUT2D eigenvalue weighted by atomic mass is 9.86. The smallest absolute Gasteiger partial charge is 0.0566 e. The maximum atomic E-state index is 10.1. The van der Waals surface area contributed by atoms with E-state index in [1.807, 2.05) is 0 Å². The average molecular weight is 269 g/mol. The van der Waals surface area contributed by atoms with E-state index in [-0.39, 0.29) is 6.10 Å². The van der Waals surface area contributed by atoms with Crippen molar-refractivity contribution in [1.82, 2.24) is 10.2 Å². The van der Waals surface area contributed by atoms with Gasteiger partial charge in [0.15, 0.2) is 0 Å². The summed E-state index contributed by atoms with van der Waals surface area (Å²) in [5.41, 5.74) is 5.70. The molecule has 1 aliphatic carbocycles. The molecule has 1 saturated carbocycles. The van der Waals surface area contributed by atoms with Gasteiger partial charge in [0.05, 0.1) is 6.10 Å². The van der Waals surface area contributed by atoms with Gasteiger partial charge in [0.2, 0.25) is 0 Å². The molecule has 0 radical (unpaired) electrons. The summed E-state index contributed by atoms with van der Waals surface area (Å²) in [5, 5.41) is 13.9. The average Bonchev–Trinajstić information content (AvgIpc) is 3.12. The molecule has 0 aromatic rings. The molecule has 4 nitrogen and oxygen atoms in total. The molecule has 4 N–H and O–H groups in total. The van der Waals surface area contributed by atoms with Crippen LogP contribution in [0.2, 0.25) is 0 Å². The number of hydrogen-bond acceptors (Lipinski definition) is 4. The van der Waals surface area contributed by atoms with Gasteiger partial charge in [-0.1, -0.05) is 13.8 Å². The first kappa shape index (κ1) is 15.2. The Balaban J connectivity index is 1.85. The first-order valence-electron chi connectivity index (χ1n) is 7.95. The highest BCUT2D eigenvalue weighted by atomic mass is 16.3. The number of aliphatic hydroxyl groups is 1. The first-order valence-corrected chi connectivity index (χ1v) is 7.95. The summed E-state index contributed by atoms with van der Waals surface area (Å²) in [4.78, 5) is 2.47. The fraction of sp³-hybridized carbons (Fsp3) is 1.00. The molecule has 0 bridgehead atoms. The van der Waals surface area contributed by atoms with Crippen molar-refractivity contribution in [3.63, 3.8) is 0 Å². The van der Waals surface area contributed by atoms with E-state index in [4.69, 9.17) is 5.73 Å². The lowest BCUT2D eigenvalue weighted by Gasteiger charge is -2.39. The highest BCUT2D eigenvalue weighted by Crippen LogP contribution is 2.26. The van der Waals surface area contributed by atoms with Gasteiger partial charge in [-0.05, 0) is 37.5 Å². The molecule has 1 heterocycles.